The molecule has 0 radical (unpaired) electrons. The molecule has 0 fully saturated rings. The van der Waals surface area contributed by atoms with E-state index in [1.165, 1.54) is 35.0 Å². The van der Waals surface area contributed by atoms with E-state index in [1.807, 2.05) is 6.92 Å². The van der Waals surface area contributed by atoms with E-state index in [2.05, 4.69) is 4.72 Å². The largest absolute Gasteiger partial charge is 0.490 e. The molecule has 1 aliphatic rings. The lowest BCUT2D eigenvalue weighted by atomic mass is 10.0. The first-order chi connectivity index (χ1) is 21.1. The molecule has 4 atom stereocenters. The van der Waals surface area contributed by atoms with Gasteiger partial charge in [0.25, 0.3) is 15.9 Å². The van der Waals surface area contributed by atoms with Crippen LogP contribution in [0, 0.1) is 5.92 Å². The lowest BCUT2D eigenvalue weighted by molar-refractivity contribution is -0.149. The normalized spacial score (nSPS) is 21.3. The highest BCUT2D eigenvalue weighted by Gasteiger charge is 2.32. The topological polar surface area (TPSA) is 125 Å². The molecule has 2 amide bonds. The van der Waals surface area contributed by atoms with Gasteiger partial charge in [0, 0.05) is 44.8 Å². The number of amides is 2. The van der Waals surface area contributed by atoms with E-state index in [1.54, 1.807) is 31.4 Å². The first-order valence-corrected chi connectivity index (χ1v) is 17.2. The average Bonchev–Trinajstić information content (AvgIpc) is 3.53. The molecule has 2 N–H and O–H groups in total. The summed E-state index contributed by atoms with van der Waals surface area (Å²) in [4.78, 5) is 29.3. The van der Waals surface area contributed by atoms with E-state index in [0.717, 1.165) is 17.8 Å². The van der Waals surface area contributed by atoms with Gasteiger partial charge in [0.15, 0.2) is 0 Å². The number of hydrogen-bond donors (Lipinski definition) is 2. The maximum atomic E-state index is 14.2. The molecule has 0 saturated carbocycles. The Balaban J connectivity index is 1.94. The molecule has 1 aliphatic heterocycles. The Morgan fingerprint density at radius 2 is 1.98 bits per heavy atom. The van der Waals surface area contributed by atoms with Crippen LogP contribution in [0.3, 0.4) is 0 Å². The van der Waals surface area contributed by atoms with Gasteiger partial charge in [0.2, 0.25) is 5.91 Å². The number of aliphatic hydroxyl groups is 1. The number of fused-ring (bicyclic) bond motifs is 1. The monoisotopic (exact) mass is 677 g/mol. The quantitative estimate of drug-likeness (QED) is 0.377. The van der Waals surface area contributed by atoms with Crippen molar-refractivity contribution in [2.45, 2.75) is 81.5 Å². The molecule has 2 heterocycles. The second-order valence-electron chi connectivity index (χ2n) is 11.4. The van der Waals surface area contributed by atoms with Gasteiger partial charge in [-0.15, -0.1) is 11.3 Å². The van der Waals surface area contributed by atoms with E-state index in [-0.39, 0.29) is 47.0 Å². The smallest absolute Gasteiger partial charge is 0.389 e. The predicted octanol–water partition coefficient (Wildman–Crippen LogP) is 5.15. The number of rotatable bonds is 9. The molecule has 15 heteroatoms. The van der Waals surface area contributed by atoms with Crippen molar-refractivity contribution in [2.24, 2.45) is 5.92 Å². The van der Waals surface area contributed by atoms with Crippen molar-refractivity contribution in [3.63, 3.8) is 0 Å². The minimum absolute atomic E-state index is 0.0120. The summed E-state index contributed by atoms with van der Waals surface area (Å²) in [6, 6.07) is 6.88. The van der Waals surface area contributed by atoms with Crippen molar-refractivity contribution in [1.29, 1.82) is 0 Å². The number of thiophene rings is 1. The summed E-state index contributed by atoms with van der Waals surface area (Å²) in [7, 11) is -2.48. The third kappa shape index (κ3) is 10.9. The number of carbonyl (C=O) groups is 2. The molecule has 0 saturated heterocycles. The Morgan fingerprint density at radius 3 is 2.62 bits per heavy atom. The van der Waals surface area contributed by atoms with Gasteiger partial charge in [-0.1, -0.05) is 13.0 Å². The van der Waals surface area contributed by atoms with Crippen LogP contribution in [0.1, 0.15) is 63.2 Å². The SMILES string of the molecule is C[C@@H]1CCCCO[C@H](CN(C)C(=O)CCC(F)(F)F)[C@@H](C)CN([C@H](C)CO)C(=O)c2cc(NS(=O)(=O)c3cccs3)ccc2O1. The third-order valence-corrected chi connectivity index (χ3v) is 10.3. The predicted molar refractivity (Wildman–Crippen MR) is 165 cm³/mol. The van der Waals surface area contributed by atoms with Crippen LogP contribution in [0.25, 0.3) is 0 Å². The minimum Gasteiger partial charge on any atom is -0.490 e. The molecule has 1 aromatic carbocycles. The summed E-state index contributed by atoms with van der Waals surface area (Å²) >= 11 is 1.05. The number of sulfonamides is 1. The molecular weight excluding hydrogens is 635 g/mol. The summed E-state index contributed by atoms with van der Waals surface area (Å²) in [5.74, 6) is -1.34. The Bertz CT molecular complexity index is 1370. The number of nitrogens with one attached hydrogen (secondary N) is 1. The zero-order valence-corrected chi connectivity index (χ0v) is 27.5. The molecule has 0 aliphatic carbocycles. The molecule has 2 aromatic rings. The first-order valence-electron chi connectivity index (χ1n) is 14.8. The van der Waals surface area contributed by atoms with E-state index in [9.17, 15) is 36.3 Å². The zero-order valence-electron chi connectivity index (χ0n) is 25.9. The van der Waals surface area contributed by atoms with Gasteiger partial charge in [-0.25, -0.2) is 8.42 Å². The van der Waals surface area contributed by atoms with Crippen molar-refractivity contribution in [1.82, 2.24) is 9.80 Å². The number of benzene rings is 1. The molecular formula is C30H42F3N3O7S2. The van der Waals surface area contributed by atoms with Gasteiger partial charge in [-0.3, -0.25) is 14.3 Å². The highest BCUT2D eigenvalue weighted by atomic mass is 32.2. The van der Waals surface area contributed by atoms with Crippen LogP contribution in [0.5, 0.6) is 5.75 Å². The lowest BCUT2D eigenvalue weighted by Crippen LogP contribution is -2.48. The molecule has 0 spiro atoms. The van der Waals surface area contributed by atoms with Gasteiger partial charge < -0.3 is 24.4 Å². The van der Waals surface area contributed by atoms with Crippen LogP contribution < -0.4 is 9.46 Å². The Hall–Kier alpha value is -2.88. The molecule has 3 rings (SSSR count). The van der Waals surface area contributed by atoms with E-state index < -0.39 is 58.9 Å². The standard InChI is InChI=1S/C30H42F3N3O7S2/c1-20-17-36(21(2)19-37)29(39)24-16-23(34-45(40,41)28-9-7-15-44-28)10-11-25(24)43-22(3)8-5-6-14-42-26(20)18-35(4)27(38)12-13-30(31,32)33/h7,9-11,15-16,20-22,26,34,37H,5-6,8,12-14,17-19H2,1-4H3/t20-,21+,22+,26+/m0/s1. The molecule has 45 heavy (non-hydrogen) atoms. The molecule has 10 nitrogen and oxygen atoms in total. The second-order valence-corrected chi connectivity index (χ2v) is 14.3. The number of ether oxygens (including phenoxy) is 2. The Morgan fingerprint density at radius 1 is 1.24 bits per heavy atom. The fourth-order valence-electron chi connectivity index (χ4n) is 4.88. The van der Waals surface area contributed by atoms with Gasteiger partial charge in [-0.2, -0.15) is 13.2 Å². The first kappa shape index (κ1) is 36.6. The summed E-state index contributed by atoms with van der Waals surface area (Å²) in [5, 5.41) is 11.7. The molecule has 252 valence electrons. The molecule has 1 aromatic heterocycles. The third-order valence-electron chi connectivity index (χ3n) is 7.57. The summed E-state index contributed by atoms with van der Waals surface area (Å²) in [5.41, 5.74) is 0.243. The molecule has 0 bridgehead atoms. The van der Waals surface area contributed by atoms with Crippen LogP contribution >= 0.6 is 11.3 Å². The Kier molecular flexibility index (Phi) is 13.1. The fourth-order valence-corrected chi connectivity index (χ4v) is 6.92. The van der Waals surface area contributed by atoms with Crippen molar-refractivity contribution < 1.29 is 45.8 Å². The summed E-state index contributed by atoms with van der Waals surface area (Å²) in [6.07, 6.45) is -5.27. The second kappa shape index (κ2) is 16.1. The van der Waals surface area contributed by atoms with E-state index in [4.69, 9.17) is 9.47 Å². The fraction of sp³-hybridized carbons (Fsp3) is 0.600. The van der Waals surface area contributed by atoms with Crippen LogP contribution in [0.15, 0.2) is 39.9 Å². The van der Waals surface area contributed by atoms with Gasteiger partial charge in [0.05, 0.1) is 36.8 Å². The number of carbonyl (C=O) groups excluding carboxylic acids is 2. The minimum atomic E-state index is -4.45. The summed E-state index contributed by atoms with van der Waals surface area (Å²) < 4.78 is 78.9. The number of likely N-dealkylation sites (N-methyl/N-ethyl adjacent to an activating group) is 1. The van der Waals surface area contributed by atoms with Crippen LogP contribution in [-0.4, -0.2) is 92.9 Å². The van der Waals surface area contributed by atoms with Crippen LogP contribution in [0.4, 0.5) is 18.9 Å². The number of alkyl halides is 3. The highest BCUT2D eigenvalue weighted by Crippen LogP contribution is 2.30. The van der Waals surface area contributed by atoms with E-state index in [0.29, 0.717) is 19.4 Å². The van der Waals surface area contributed by atoms with E-state index >= 15 is 0 Å². The van der Waals surface area contributed by atoms with Gasteiger partial charge in [-0.05, 0) is 62.8 Å². The zero-order chi connectivity index (χ0) is 33.4. The van der Waals surface area contributed by atoms with Gasteiger partial charge >= 0.3 is 6.18 Å². The van der Waals surface area contributed by atoms with Crippen molar-refractivity contribution >= 4 is 38.9 Å². The average molecular weight is 678 g/mol. The lowest BCUT2D eigenvalue weighted by Gasteiger charge is -2.36. The summed E-state index contributed by atoms with van der Waals surface area (Å²) in [6.45, 7) is 5.35. The molecule has 0 unspecified atom stereocenters. The number of aliphatic hydroxyl groups excluding tert-OH is 1. The van der Waals surface area contributed by atoms with Crippen molar-refractivity contribution in [3.8, 4) is 5.75 Å². The Labute approximate surface area is 266 Å². The number of anilines is 1. The van der Waals surface area contributed by atoms with Crippen molar-refractivity contribution in [2.75, 3.05) is 38.1 Å². The maximum absolute atomic E-state index is 14.2. The number of hydrogen-bond acceptors (Lipinski definition) is 8. The van der Waals surface area contributed by atoms with Crippen LogP contribution in [-0.2, 0) is 19.6 Å². The number of halogens is 3. The van der Waals surface area contributed by atoms with Crippen molar-refractivity contribution in [3.05, 3.63) is 41.3 Å². The number of nitrogens with zero attached hydrogens (tertiary/aromatic N) is 2. The highest BCUT2D eigenvalue weighted by molar-refractivity contribution is 7.94. The van der Waals surface area contributed by atoms with Crippen LogP contribution in [0.2, 0.25) is 0 Å². The maximum Gasteiger partial charge on any atom is 0.389 e. The van der Waals surface area contributed by atoms with Gasteiger partial charge in [0.1, 0.15) is 9.96 Å².